The lowest BCUT2D eigenvalue weighted by molar-refractivity contribution is -0.164. The second kappa shape index (κ2) is 27.2. The Hall–Kier alpha value is -4.20. The first-order chi connectivity index (χ1) is 35.8. The van der Waals surface area contributed by atoms with Crippen LogP contribution in [0.3, 0.4) is 0 Å². The van der Waals surface area contributed by atoms with Crippen LogP contribution in [0.4, 0.5) is 0 Å². The van der Waals surface area contributed by atoms with Gasteiger partial charge in [0.1, 0.15) is 0 Å². The lowest BCUT2D eigenvalue weighted by Gasteiger charge is -2.40. The molecule has 8 rings (SSSR count). The second-order valence-corrected chi connectivity index (χ2v) is 24.8. The SMILES string of the molecule is O=C(/C=C/C(=O)ON(C1CC1)S(=O)(=O)CCCCCCN1CCN(C(c2ccccc2)c2cccc(Cl)c2)CC1)OC(CCCCCN1CCN(C(c2ccccc2)c2cccc(Cl)c2)CC1)S(=O)(=O)NC1CC1. The predicted octanol–water partition coefficient (Wildman–Crippen LogP) is 8.99. The third-order valence-electron chi connectivity index (χ3n) is 14.3. The van der Waals surface area contributed by atoms with Gasteiger partial charge in [-0.05, 0) is 115 Å². The van der Waals surface area contributed by atoms with Gasteiger partial charge in [0.25, 0.3) is 0 Å². The minimum Gasteiger partial charge on any atom is -0.441 e. The van der Waals surface area contributed by atoms with Crippen LogP contribution in [0.5, 0.6) is 0 Å². The first-order valence-corrected chi connectivity index (χ1v) is 30.4. The fraction of sp³-hybridized carbons (Fsp3) is 0.500. The van der Waals surface area contributed by atoms with Gasteiger partial charge < -0.3 is 19.4 Å². The zero-order valence-electron chi connectivity index (χ0n) is 42.3. The normalized spacial score (nSPS) is 18.9. The lowest BCUT2D eigenvalue weighted by atomic mass is 9.96. The van der Waals surface area contributed by atoms with Crippen molar-refractivity contribution in [2.24, 2.45) is 0 Å². The molecule has 74 heavy (non-hydrogen) atoms. The third kappa shape index (κ3) is 16.9. The van der Waals surface area contributed by atoms with Gasteiger partial charge in [-0.15, -0.1) is 0 Å². The van der Waals surface area contributed by atoms with Gasteiger partial charge in [-0.1, -0.05) is 127 Å². The van der Waals surface area contributed by atoms with Crippen molar-refractivity contribution in [1.82, 2.24) is 28.8 Å². The molecule has 0 aromatic heterocycles. The van der Waals surface area contributed by atoms with Gasteiger partial charge in [-0.2, -0.15) is 0 Å². The Kier molecular flexibility index (Phi) is 20.6. The van der Waals surface area contributed by atoms with Crippen LogP contribution < -0.4 is 4.72 Å². The van der Waals surface area contributed by atoms with Gasteiger partial charge in [0.15, 0.2) is 0 Å². The summed E-state index contributed by atoms with van der Waals surface area (Å²) < 4.78 is 62.4. The number of ether oxygens (including phenoxy) is 1. The first kappa shape index (κ1) is 56.0. The van der Waals surface area contributed by atoms with Crippen molar-refractivity contribution in [2.45, 2.75) is 107 Å². The molecule has 1 N–H and O–H groups in total. The number of carbonyl (C=O) groups is 2. The van der Waals surface area contributed by atoms with Crippen molar-refractivity contribution in [3.63, 3.8) is 0 Å². The molecule has 2 aliphatic heterocycles. The molecule has 0 spiro atoms. The summed E-state index contributed by atoms with van der Waals surface area (Å²) in [5.41, 5.74) is 3.35. The Labute approximate surface area is 449 Å². The van der Waals surface area contributed by atoms with Gasteiger partial charge >= 0.3 is 11.9 Å². The quantitative estimate of drug-likeness (QED) is 0.0251. The number of hydroxylamine groups is 1. The molecular formula is C56H72Cl2N6O8S2. The molecule has 0 radical (unpaired) electrons. The second-order valence-electron chi connectivity index (χ2n) is 20.1. The topological polar surface area (TPSA) is 149 Å². The average molecular weight is 1090 g/mol. The van der Waals surface area contributed by atoms with E-state index >= 15 is 0 Å². The number of hydrogen-bond acceptors (Lipinski definition) is 12. The standard InChI is InChI=1S/C56H72Cl2N6O8S2/c57-48-22-14-20-46(42-48)55(44-16-6-3-7-17-44)62-37-33-60(34-38-62)31-11-1-2-13-41-73(67,68)64(51-27-28-51)72-53(66)30-29-52(65)71-54(74(69,70)59-50-25-26-50)24-10-5-12-32-61-35-39-63(40-36-61)56(45-18-8-4-9-19-45)47-21-15-23-49(58)43-47/h3-4,6-9,14-23,29-30,42-43,50-51,54-56,59H,1-2,5,10-13,24-28,31-41H2/b30-29+. The van der Waals surface area contributed by atoms with E-state index in [1.54, 1.807) is 0 Å². The Balaban J connectivity index is 0.733. The molecule has 2 aliphatic carbocycles. The van der Waals surface area contributed by atoms with Crippen LogP contribution in [-0.4, -0.2) is 142 Å². The smallest absolute Gasteiger partial charge is 0.350 e. The van der Waals surface area contributed by atoms with E-state index in [-0.39, 0.29) is 30.3 Å². The molecule has 4 aromatic rings. The van der Waals surface area contributed by atoms with Crippen molar-refractivity contribution in [3.05, 3.63) is 154 Å². The first-order valence-electron chi connectivity index (χ1n) is 26.5. The highest BCUT2D eigenvalue weighted by Gasteiger charge is 2.41. The van der Waals surface area contributed by atoms with Gasteiger partial charge in [0.2, 0.25) is 25.5 Å². The van der Waals surface area contributed by atoms with Crippen molar-refractivity contribution in [3.8, 4) is 0 Å². The predicted molar refractivity (Wildman–Crippen MR) is 291 cm³/mol. The summed E-state index contributed by atoms with van der Waals surface area (Å²) in [7, 11) is -7.95. The third-order valence-corrected chi connectivity index (χ3v) is 18.2. The highest BCUT2D eigenvalue weighted by molar-refractivity contribution is 7.90. The highest BCUT2D eigenvalue weighted by Crippen LogP contribution is 2.34. The molecule has 0 amide bonds. The van der Waals surface area contributed by atoms with E-state index in [9.17, 15) is 26.4 Å². The van der Waals surface area contributed by atoms with E-state index in [0.29, 0.717) is 50.0 Å². The van der Waals surface area contributed by atoms with E-state index in [1.807, 2.05) is 42.5 Å². The summed E-state index contributed by atoms with van der Waals surface area (Å²) in [4.78, 5) is 41.2. The van der Waals surface area contributed by atoms with Crippen LogP contribution in [0, 0.1) is 0 Å². The number of esters is 1. The van der Waals surface area contributed by atoms with Crippen molar-refractivity contribution in [2.75, 3.05) is 71.2 Å². The van der Waals surface area contributed by atoms with Crippen LogP contribution >= 0.6 is 23.2 Å². The van der Waals surface area contributed by atoms with Crippen LogP contribution in [0.25, 0.3) is 0 Å². The fourth-order valence-electron chi connectivity index (χ4n) is 10.1. The van der Waals surface area contributed by atoms with Gasteiger partial charge in [-0.3, -0.25) is 9.80 Å². The summed E-state index contributed by atoms with van der Waals surface area (Å²) >= 11 is 12.8. The Bertz CT molecular complexity index is 2680. The van der Waals surface area contributed by atoms with E-state index < -0.39 is 43.5 Å². The molecule has 2 saturated carbocycles. The molecule has 2 saturated heterocycles. The molecule has 4 aromatic carbocycles. The molecule has 3 unspecified atom stereocenters. The van der Waals surface area contributed by atoms with Gasteiger partial charge in [-0.25, -0.2) is 31.1 Å². The molecule has 400 valence electrons. The highest BCUT2D eigenvalue weighted by atomic mass is 35.5. The Morgan fingerprint density at radius 2 is 1.05 bits per heavy atom. The average Bonchev–Trinajstić information content (AvgIpc) is 4.35. The van der Waals surface area contributed by atoms with Crippen molar-refractivity contribution < 1.29 is 36.0 Å². The van der Waals surface area contributed by atoms with E-state index in [4.69, 9.17) is 32.8 Å². The number of rotatable bonds is 28. The number of piperazine rings is 2. The summed E-state index contributed by atoms with van der Waals surface area (Å²) in [5.74, 6) is -2.26. The Morgan fingerprint density at radius 3 is 1.54 bits per heavy atom. The number of hydrogen-bond donors (Lipinski definition) is 1. The monoisotopic (exact) mass is 1090 g/mol. The molecular weight excluding hydrogens is 1020 g/mol. The van der Waals surface area contributed by atoms with E-state index in [2.05, 4.69) is 91.1 Å². The number of sulfonamides is 2. The number of halogens is 2. The fourth-order valence-corrected chi connectivity index (χ4v) is 13.6. The van der Waals surface area contributed by atoms with Crippen LogP contribution in [-0.2, 0) is 39.2 Å². The number of unbranched alkanes of at least 4 members (excludes halogenated alkanes) is 5. The molecule has 4 aliphatic rings. The van der Waals surface area contributed by atoms with Crippen LogP contribution in [0.15, 0.2) is 121 Å². The van der Waals surface area contributed by atoms with Crippen LogP contribution in [0.1, 0.15) is 111 Å². The summed E-state index contributed by atoms with van der Waals surface area (Å²) in [6.45, 7) is 9.06. The van der Waals surface area contributed by atoms with E-state index in [0.717, 1.165) is 118 Å². The van der Waals surface area contributed by atoms with E-state index in [1.165, 1.54) is 16.7 Å². The summed E-state index contributed by atoms with van der Waals surface area (Å²) in [5, 5.41) is 1.44. The van der Waals surface area contributed by atoms with Crippen LogP contribution in [0.2, 0.25) is 10.0 Å². The maximum Gasteiger partial charge on any atom is 0.350 e. The minimum absolute atomic E-state index is 0.0874. The zero-order chi connectivity index (χ0) is 51.9. The maximum atomic E-state index is 13.4. The molecule has 18 heteroatoms. The molecule has 2 heterocycles. The lowest BCUT2D eigenvalue weighted by Crippen LogP contribution is -2.48. The zero-order valence-corrected chi connectivity index (χ0v) is 45.4. The molecule has 3 atom stereocenters. The number of carbonyl (C=O) groups excluding carboxylic acids is 2. The summed E-state index contributed by atoms with van der Waals surface area (Å²) in [6.07, 6.45) is 9.25. The minimum atomic E-state index is -4.01. The van der Waals surface area contributed by atoms with Gasteiger partial charge in [0, 0.05) is 87.0 Å². The summed E-state index contributed by atoms with van der Waals surface area (Å²) in [6, 6.07) is 36.7. The largest absolute Gasteiger partial charge is 0.441 e. The molecule has 0 bridgehead atoms. The van der Waals surface area contributed by atoms with Crippen molar-refractivity contribution in [1.29, 1.82) is 0 Å². The number of nitrogens with zero attached hydrogens (tertiary/aromatic N) is 5. The molecule has 14 nitrogen and oxygen atoms in total. The number of benzene rings is 4. The maximum absolute atomic E-state index is 13.4. The Morgan fingerprint density at radius 1 is 0.581 bits per heavy atom. The van der Waals surface area contributed by atoms with Gasteiger partial charge in [0.05, 0.1) is 23.9 Å². The molecule has 4 fully saturated rings. The number of nitrogens with one attached hydrogen (secondary N) is 1. The van der Waals surface area contributed by atoms with Crippen molar-refractivity contribution >= 4 is 55.2 Å².